The summed E-state index contributed by atoms with van der Waals surface area (Å²) in [5, 5.41) is 13.3. The topological polar surface area (TPSA) is 69.0 Å². The van der Waals surface area contributed by atoms with E-state index in [0.717, 1.165) is 34.9 Å². The average molecular weight is 457 g/mol. The van der Waals surface area contributed by atoms with E-state index in [2.05, 4.69) is 27.0 Å². The van der Waals surface area contributed by atoms with Gasteiger partial charge in [0.1, 0.15) is 0 Å². The highest BCUT2D eigenvalue weighted by atomic mass is 35.5. The summed E-state index contributed by atoms with van der Waals surface area (Å²) in [4.78, 5) is 12.2. The van der Waals surface area contributed by atoms with Crippen LogP contribution in [-0.2, 0) is 10.5 Å². The molecule has 162 valence electrons. The van der Waals surface area contributed by atoms with Gasteiger partial charge in [-0.05, 0) is 49.6 Å². The van der Waals surface area contributed by atoms with Crippen LogP contribution >= 0.6 is 23.4 Å². The fourth-order valence-corrected chi connectivity index (χ4v) is 4.52. The Morgan fingerprint density at radius 2 is 1.97 bits per heavy atom. The van der Waals surface area contributed by atoms with Crippen LogP contribution in [0.25, 0.3) is 11.4 Å². The second-order valence-corrected chi connectivity index (χ2v) is 9.04. The third kappa shape index (κ3) is 5.29. The van der Waals surface area contributed by atoms with E-state index >= 15 is 0 Å². The Hall–Kier alpha value is -2.35. The van der Waals surface area contributed by atoms with Crippen LogP contribution in [0.15, 0.2) is 53.7 Å². The molecule has 1 aromatic heterocycles. The number of carbonyl (C=O) groups is 1. The summed E-state index contributed by atoms with van der Waals surface area (Å²) >= 11 is 8.02. The SMILES string of the molecule is COC[C@H](C)n1c(SCc2ccc(C(=O)NC3CC3)cc2)nnc1-c1ccccc1Cl. The number of nitrogens with zero attached hydrogens (tertiary/aromatic N) is 3. The van der Waals surface area contributed by atoms with E-state index in [1.54, 1.807) is 18.9 Å². The first-order valence-corrected chi connectivity index (χ1v) is 11.6. The van der Waals surface area contributed by atoms with Crippen molar-refractivity contribution in [2.45, 2.75) is 42.8 Å². The average Bonchev–Trinajstić information content (AvgIpc) is 3.49. The zero-order chi connectivity index (χ0) is 21.8. The number of thioether (sulfide) groups is 1. The Balaban J connectivity index is 1.51. The Bertz CT molecular complexity index is 1050. The van der Waals surface area contributed by atoms with Gasteiger partial charge in [-0.3, -0.25) is 9.36 Å². The molecule has 31 heavy (non-hydrogen) atoms. The van der Waals surface area contributed by atoms with Gasteiger partial charge in [-0.2, -0.15) is 0 Å². The molecule has 2 aromatic carbocycles. The lowest BCUT2D eigenvalue weighted by Gasteiger charge is -2.17. The molecule has 0 radical (unpaired) electrons. The summed E-state index contributed by atoms with van der Waals surface area (Å²) in [6, 6.07) is 15.8. The van der Waals surface area contributed by atoms with Crippen molar-refractivity contribution in [3.63, 3.8) is 0 Å². The van der Waals surface area contributed by atoms with Crippen LogP contribution in [0.2, 0.25) is 5.02 Å². The Morgan fingerprint density at radius 1 is 1.23 bits per heavy atom. The smallest absolute Gasteiger partial charge is 0.251 e. The summed E-state index contributed by atoms with van der Waals surface area (Å²) in [6.07, 6.45) is 2.16. The van der Waals surface area contributed by atoms with Crippen LogP contribution in [0.3, 0.4) is 0 Å². The number of ether oxygens (including phenoxy) is 1. The number of hydrogen-bond donors (Lipinski definition) is 1. The number of benzene rings is 2. The van der Waals surface area contributed by atoms with E-state index < -0.39 is 0 Å². The van der Waals surface area contributed by atoms with E-state index in [0.29, 0.717) is 29.0 Å². The minimum absolute atomic E-state index is 0.000724. The molecule has 6 nitrogen and oxygen atoms in total. The number of methoxy groups -OCH3 is 1. The second kappa shape index (κ2) is 9.85. The van der Waals surface area contributed by atoms with Gasteiger partial charge in [0.2, 0.25) is 0 Å². The van der Waals surface area contributed by atoms with Crippen molar-refractivity contribution >= 4 is 29.3 Å². The highest BCUT2D eigenvalue weighted by molar-refractivity contribution is 7.98. The van der Waals surface area contributed by atoms with Crippen LogP contribution in [0.4, 0.5) is 0 Å². The van der Waals surface area contributed by atoms with Gasteiger partial charge in [0.05, 0.1) is 17.7 Å². The number of hydrogen-bond acceptors (Lipinski definition) is 5. The molecule has 0 bridgehead atoms. The minimum atomic E-state index is -0.000724. The van der Waals surface area contributed by atoms with Crippen LogP contribution in [0.5, 0.6) is 0 Å². The van der Waals surface area contributed by atoms with Crippen molar-refractivity contribution in [2.24, 2.45) is 0 Å². The molecular formula is C23H25ClN4O2S. The molecule has 1 atom stereocenters. The summed E-state index contributed by atoms with van der Waals surface area (Å²) in [6.45, 7) is 2.61. The maximum absolute atomic E-state index is 12.2. The molecule has 1 fully saturated rings. The molecule has 1 amide bonds. The summed E-state index contributed by atoms with van der Waals surface area (Å²) in [5.41, 5.74) is 2.65. The Kier molecular flexibility index (Phi) is 6.95. The van der Waals surface area contributed by atoms with Crippen LogP contribution in [0, 0.1) is 0 Å². The van der Waals surface area contributed by atoms with E-state index in [-0.39, 0.29) is 11.9 Å². The lowest BCUT2D eigenvalue weighted by molar-refractivity contribution is 0.0951. The number of amides is 1. The summed E-state index contributed by atoms with van der Waals surface area (Å²) < 4.78 is 7.45. The van der Waals surface area contributed by atoms with Gasteiger partial charge >= 0.3 is 0 Å². The van der Waals surface area contributed by atoms with Crippen molar-refractivity contribution in [3.8, 4) is 11.4 Å². The van der Waals surface area contributed by atoms with Crippen LogP contribution < -0.4 is 5.32 Å². The number of nitrogens with one attached hydrogen (secondary N) is 1. The second-order valence-electron chi connectivity index (χ2n) is 7.69. The predicted octanol–water partition coefficient (Wildman–Crippen LogP) is 4.99. The number of carbonyl (C=O) groups excluding carboxylic acids is 1. The molecule has 1 aliphatic carbocycles. The lowest BCUT2D eigenvalue weighted by Crippen LogP contribution is -2.25. The molecule has 1 saturated carbocycles. The molecule has 1 N–H and O–H groups in total. The normalized spacial score (nSPS) is 14.4. The van der Waals surface area contributed by atoms with Crippen molar-refractivity contribution < 1.29 is 9.53 Å². The zero-order valence-corrected chi connectivity index (χ0v) is 19.1. The molecule has 0 saturated heterocycles. The quantitative estimate of drug-likeness (QED) is 0.459. The third-order valence-corrected chi connectivity index (χ3v) is 6.47. The molecule has 0 aliphatic heterocycles. The molecule has 1 aliphatic rings. The first kappa shape index (κ1) is 21.9. The highest BCUT2D eigenvalue weighted by Gasteiger charge is 2.24. The highest BCUT2D eigenvalue weighted by Crippen LogP contribution is 2.33. The molecule has 8 heteroatoms. The predicted molar refractivity (Wildman–Crippen MR) is 124 cm³/mol. The zero-order valence-electron chi connectivity index (χ0n) is 17.5. The minimum Gasteiger partial charge on any atom is -0.383 e. The Labute approximate surface area is 191 Å². The van der Waals surface area contributed by atoms with Crippen molar-refractivity contribution in [2.75, 3.05) is 13.7 Å². The van der Waals surface area contributed by atoms with Gasteiger partial charge in [0, 0.05) is 30.0 Å². The standard InChI is InChI=1S/C23H25ClN4O2S/c1-15(13-30-2)28-21(19-5-3-4-6-20(19)24)26-27-23(28)31-14-16-7-9-17(10-8-16)22(29)25-18-11-12-18/h3-10,15,18H,11-14H2,1-2H3,(H,25,29)/t15-/m0/s1. The molecule has 0 spiro atoms. The van der Waals surface area contributed by atoms with Gasteiger partial charge in [-0.25, -0.2) is 0 Å². The van der Waals surface area contributed by atoms with Crippen molar-refractivity contribution in [1.29, 1.82) is 0 Å². The Morgan fingerprint density at radius 3 is 2.65 bits per heavy atom. The van der Waals surface area contributed by atoms with Gasteiger partial charge in [0.15, 0.2) is 11.0 Å². The number of halogens is 1. The van der Waals surface area contributed by atoms with Crippen LogP contribution in [0.1, 0.15) is 41.7 Å². The van der Waals surface area contributed by atoms with E-state index in [4.69, 9.17) is 16.3 Å². The van der Waals surface area contributed by atoms with Crippen molar-refractivity contribution in [1.82, 2.24) is 20.1 Å². The van der Waals surface area contributed by atoms with Gasteiger partial charge in [-0.1, -0.05) is 47.6 Å². The molecule has 3 aromatic rings. The monoisotopic (exact) mass is 456 g/mol. The largest absolute Gasteiger partial charge is 0.383 e. The first-order chi connectivity index (χ1) is 15.1. The van der Waals surface area contributed by atoms with Gasteiger partial charge < -0.3 is 10.1 Å². The maximum Gasteiger partial charge on any atom is 0.251 e. The van der Waals surface area contributed by atoms with E-state index in [9.17, 15) is 4.79 Å². The number of rotatable bonds is 9. The first-order valence-electron chi connectivity index (χ1n) is 10.3. The molecule has 1 heterocycles. The molecular weight excluding hydrogens is 432 g/mol. The van der Waals surface area contributed by atoms with Crippen molar-refractivity contribution in [3.05, 3.63) is 64.7 Å². The summed E-state index contributed by atoms with van der Waals surface area (Å²) in [7, 11) is 1.68. The van der Waals surface area contributed by atoms with Gasteiger partial charge in [0.25, 0.3) is 5.91 Å². The van der Waals surface area contributed by atoms with E-state index in [1.807, 2.05) is 48.5 Å². The maximum atomic E-state index is 12.2. The fourth-order valence-electron chi connectivity index (χ4n) is 3.31. The van der Waals surface area contributed by atoms with Crippen LogP contribution in [-0.4, -0.2) is 40.4 Å². The fraction of sp³-hybridized carbons (Fsp3) is 0.348. The summed E-state index contributed by atoms with van der Waals surface area (Å²) in [5.74, 6) is 1.44. The molecule has 4 rings (SSSR count). The molecule has 0 unspecified atom stereocenters. The number of aromatic nitrogens is 3. The van der Waals surface area contributed by atoms with Gasteiger partial charge in [-0.15, -0.1) is 10.2 Å². The lowest BCUT2D eigenvalue weighted by atomic mass is 10.1. The van der Waals surface area contributed by atoms with E-state index in [1.165, 1.54) is 0 Å². The third-order valence-electron chi connectivity index (χ3n) is 5.12.